The first-order chi connectivity index (χ1) is 12.8. The molecule has 1 N–H and O–H groups in total. The molecule has 0 bridgehead atoms. The van der Waals surface area contributed by atoms with E-state index in [-0.39, 0.29) is 0 Å². The molecular weight excluding hydrogens is 320 g/mol. The molecule has 2 nitrogen and oxygen atoms in total. The average molecular weight is 353 g/mol. The predicted octanol–water partition coefficient (Wildman–Crippen LogP) is 6.68. The van der Waals surface area contributed by atoms with E-state index in [4.69, 9.17) is 4.74 Å². The van der Waals surface area contributed by atoms with Crippen LogP contribution in [0.15, 0.2) is 36.4 Å². The molecule has 0 amide bonds. The van der Waals surface area contributed by atoms with Crippen LogP contribution in [0.3, 0.4) is 0 Å². The second-order valence-corrected chi connectivity index (χ2v) is 7.41. The van der Waals surface area contributed by atoms with Crippen molar-refractivity contribution in [2.75, 3.05) is 6.61 Å². The quantitative estimate of drug-likeness (QED) is 0.608. The SMILES string of the molecule is C1CCC1.CCCCCc1c(-c2ccccc2O)ccc2c1CCCO2. The summed E-state index contributed by atoms with van der Waals surface area (Å²) in [5.74, 6) is 1.40. The Morgan fingerprint density at radius 3 is 2.35 bits per heavy atom. The third-order valence-corrected chi connectivity index (χ3v) is 5.44. The van der Waals surface area contributed by atoms with Crippen molar-refractivity contribution in [3.8, 4) is 22.6 Å². The van der Waals surface area contributed by atoms with Crippen LogP contribution in [0.5, 0.6) is 11.5 Å². The third kappa shape index (κ3) is 4.60. The lowest BCUT2D eigenvalue weighted by Crippen LogP contribution is -2.11. The van der Waals surface area contributed by atoms with E-state index in [1.54, 1.807) is 6.07 Å². The molecule has 2 aliphatic rings. The van der Waals surface area contributed by atoms with Gasteiger partial charge in [-0.1, -0.05) is 69.7 Å². The first-order valence-electron chi connectivity index (χ1n) is 10.4. The normalized spacial score (nSPS) is 15.1. The van der Waals surface area contributed by atoms with Gasteiger partial charge in [-0.05, 0) is 54.5 Å². The Bertz CT molecular complexity index is 697. The molecule has 0 radical (unpaired) electrons. The molecule has 0 saturated heterocycles. The number of fused-ring (bicyclic) bond motifs is 1. The van der Waals surface area contributed by atoms with Gasteiger partial charge in [-0.25, -0.2) is 0 Å². The first kappa shape index (κ1) is 18.8. The summed E-state index contributed by atoms with van der Waals surface area (Å²) in [4.78, 5) is 0. The molecule has 2 aromatic rings. The number of ether oxygens (including phenoxy) is 1. The Labute approximate surface area is 158 Å². The largest absolute Gasteiger partial charge is 0.507 e. The Morgan fingerprint density at radius 1 is 0.885 bits per heavy atom. The number of hydrogen-bond donors (Lipinski definition) is 1. The second kappa shape index (κ2) is 9.66. The highest BCUT2D eigenvalue weighted by Crippen LogP contribution is 2.39. The van der Waals surface area contributed by atoms with E-state index in [1.165, 1.54) is 61.6 Å². The Hall–Kier alpha value is -1.96. The number of phenolic OH excluding ortho intramolecular Hbond substituents is 1. The Morgan fingerprint density at radius 2 is 1.65 bits per heavy atom. The minimum absolute atomic E-state index is 0.357. The van der Waals surface area contributed by atoms with Crippen molar-refractivity contribution >= 4 is 0 Å². The van der Waals surface area contributed by atoms with E-state index in [1.807, 2.05) is 18.2 Å². The molecule has 1 aliphatic carbocycles. The Kier molecular flexibility index (Phi) is 6.99. The summed E-state index contributed by atoms with van der Waals surface area (Å²) in [6.45, 7) is 3.05. The minimum Gasteiger partial charge on any atom is -0.507 e. The first-order valence-corrected chi connectivity index (χ1v) is 10.4. The average Bonchev–Trinajstić information content (AvgIpc) is 2.61. The van der Waals surface area contributed by atoms with Crippen LogP contribution in [0.4, 0.5) is 0 Å². The zero-order valence-corrected chi connectivity index (χ0v) is 16.1. The number of phenols is 1. The molecule has 1 heterocycles. The van der Waals surface area contributed by atoms with Crippen LogP contribution in [0, 0.1) is 0 Å². The summed E-state index contributed by atoms with van der Waals surface area (Å²) in [6, 6.07) is 11.8. The second-order valence-electron chi connectivity index (χ2n) is 7.41. The molecule has 1 aliphatic heterocycles. The van der Waals surface area contributed by atoms with E-state index in [0.29, 0.717) is 5.75 Å². The van der Waals surface area contributed by atoms with Gasteiger partial charge in [0.05, 0.1) is 6.61 Å². The fraction of sp³-hybridized carbons (Fsp3) is 0.500. The van der Waals surface area contributed by atoms with E-state index >= 15 is 0 Å². The highest BCUT2D eigenvalue weighted by atomic mass is 16.5. The molecule has 0 unspecified atom stereocenters. The smallest absolute Gasteiger partial charge is 0.123 e. The number of benzene rings is 2. The summed E-state index contributed by atoms with van der Waals surface area (Å²) in [7, 11) is 0. The summed E-state index contributed by atoms with van der Waals surface area (Å²) < 4.78 is 5.83. The summed E-state index contributed by atoms with van der Waals surface area (Å²) in [5, 5.41) is 10.2. The van der Waals surface area contributed by atoms with Crippen molar-refractivity contribution in [1.82, 2.24) is 0 Å². The lowest BCUT2D eigenvalue weighted by molar-refractivity contribution is 0.287. The molecule has 4 rings (SSSR count). The van der Waals surface area contributed by atoms with Gasteiger partial charge < -0.3 is 9.84 Å². The molecule has 1 saturated carbocycles. The molecule has 0 aromatic heterocycles. The number of rotatable bonds is 5. The van der Waals surface area contributed by atoms with Crippen molar-refractivity contribution in [3.63, 3.8) is 0 Å². The topological polar surface area (TPSA) is 29.5 Å². The molecule has 1 fully saturated rings. The van der Waals surface area contributed by atoms with Crippen LogP contribution in [0.1, 0.15) is 69.4 Å². The van der Waals surface area contributed by atoms with Gasteiger partial charge in [0, 0.05) is 5.56 Å². The molecule has 26 heavy (non-hydrogen) atoms. The van der Waals surface area contributed by atoms with Crippen molar-refractivity contribution in [3.05, 3.63) is 47.5 Å². The summed E-state index contributed by atoms with van der Waals surface area (Å²) in [5.41, 5.74) is 4.82. The fourth-order valence-corrected chi connectivity index (χ4v) is 3.55. The lowest BCUT2D eigenvalue weighted by atomic mass is 9.88. The van der Waals surface area contributed by atoms with Gasteiger partial charge in [0.25, 0.3) is 0 Å². The van der Waals surface area contributed by atoms with Crippen LogP contribution in [-0.2, 0) is 12.8 Å². The maximum Gasteiger partial charge on any atom is 0.123 e. The molecule has 0 spiro atoms. The molecule has 0 atom stereocenters. The molecular formula is C24H32O2. The minimum atomic E-state index is 0.357. The van der Waals surface area contributed by atoms with E-state index in [2.05, 4.69) is 19.1 Å². The predicted molar refractivity (Wildman–Crippen MR) is 109 cm³/mol. The summed E-state index contributed by atoms with van der Waals surface area (Å²) in [6.07, 6.45) is 12.9. The van der Waals surface area contributed by atoms with E-state index < -0.39 is 0 Å². The highest BCUT2D eigenvalue weighted by molar-refractivity contribution is 5.75. The number of para-hydroxylation sites is 1. The van der Waals surface area contributed by atoms with Gasteiger partial charge in [-0.2, -0.15) is 0 Å². The van der Waals surface area contributed by atoms with Crippen molar-refractivity contribution in [1.29, 1.82) is 0 Å². The third-order valence-electron chi connectivity index (χ3n) is 5.44. The lowest BCUT2D eigenvalue weighted by Gasteiger charge is -2.23. The van der Waals surface area contributed by atoms with Crippen LogP contribution in [0.2, 0.25) is 0 Å². The van der Waals surface area contributed by atoms with Crippen LogP contribution >= 0.6 is 0 Å². The molecule has 2 aromatic carbocycles. The number of unbranched alkanes of at least 4 members (excludes halogenated alkanes) is 2. The summed E-state index contributed by atoms with van der Waals surface area (Å²) >= 11 is 0. The van der Waals surface area contributed by atoms with Gasteiger partial charge in [0.2, 0.25) is 0 Å². The Balaban J connectivity index is 0.000000433. The monoisotopic (exact) mass is 352 g/mol. The fourth-order valence-electron chi connectivity index (χ4n) is 3.55. The van der Waals surface area contributed by atoms with Gasteiger partial charge >= 0.3 is 0 Å². The molecule has 2 heteroatoms. The molecule has 140 valence electrons. The standard InChI is InChI=1S/C20H24O2.C4H8/c1-2-3-4-8-15-16(17-9-5-6-11-19(17)21)12-13-20-18(15)10-7-14-22-20;1-2-4-3-1/h5-6,9,11-13,21H,2-4,7-8,10,14H2,1H3;1-4H2. The maximum atomic E-state index is 10.2. The highest BCUT2D eigenvalue weighted by Gasteiger charge is 2.19. The van der Waals surface area contributed by atoms with Crippen LogP contribution in [-0.4, -0.2) is 11.7 Å². The van der Waals surface area contributed by atoms with Crippen molar-refractivity contribution in [2.45, 2.75) is 71.1 Å². The van der Waals surface area contributed by atoms with Crippen molar-refractivity contribution < 1.29 is 9.84 Å². The van der Waals surface area contributed by atoms with E-state index in [9.17, 15) is 5.11 Å². The van der Waals surface area contributed by atoms with Gasteiger partial charge in [-0.15, -0.1) is 0 Å². The zero-order valence-electron chi connectivity index (χ0n) is 16.1. The van der Waals surface area contributed by atoms with E-state index in [0.717, 1.165) is 37.2 Å². The van der Waals surface area contributed by atoms with Crippen LogP contribution in [0.25, 0.3) is 11.1 Å². The van der Waals surface area contributed by atoms with Crippen LogP contribution < -0.4 is 4.74 Å². The maximum absolute atomic E-state index is 10.2. The number of hydrogen-bond acceptors (Lipinski definition) is 2. The van der Waals surface area contributed by atoms with Gasteiger partial charge in [0.15, 0.2) is 0 Å². The van der Waals surface area contributed by atoms with Gasteiger partial charge in [-0.3, -0.25) is 0 Å². The van der Waals surface area contributed by atoms with Gasteiger partial charge in [0.1, 0.15) is 11.5 Å². The van der Waals surface area contributed by atoms with Crippen molar-refractivity contribution in [2.24, 2.45) is 0 Å². The number of aromatic hydroxyl groups is 1. The zero-order chi connectivity index (χ0) is 18.2.